The van der Waals surface area contributed by atoms with Gasteiger partial charge in [0.05, 0.1) is 24.4 Å². The number of carbonyl (C=O) groups excluding carboxylic acids is 1. The number of hydrogen-bond acceptors (Lipinski definition) is 5. The molecule has 3 rings (SSSR count). The van der Waals surface area contributed by atoms with Crippen LogP contribution in [0.2, 0.25) is 0 Å². The van der Waals surface area contributed by atoms with Gasteiger partial charge >= 0.3 is 5.97 Å². The Balaban J connectivity index is 2.10. The van der Waals surface area contributed by atoms with Gasteiger partial charge in [-0.3, -0.25) is 4.40 Å². The standard InChI is InChI=1S/C14H12N4O2/c1-20-13(19)10-4-2-9(3-5-10)12-17-8-11-6-7-16-14(15)18(11)12/h2-8H,1H3,(H2,15,16). The fraction of sp³-hybridized carbons (Fsp3) is 0.0714. The van der Waals surface area contributed by atoms with Crippen molar-refractivity contribution >= 4 is 17.4 Å². The molecule has 6 heteroatoms. The molecule has 6 nitrogen and oxygen atoms in total. The molecular weight excluding hydrogens is 256 g/mol. The molecule has 0 aliphatic heterocycles. The van der Waals surface area contributed by atoms with Gasteiger partial charge in [0.15, 0.2) is 0 Å². The molecule has 0 aliphatic rings. The number of carbonyl (C=O) groups is 1. The second-order valence-electron chi connectivity index (χ2n) is 4.21. The van der Waals surface area contributed by atoms with Crippen LogP contribution >= 0.6 is 0 Å². The minimum Gasteiger partial charge on any atom is -0.465 e. The predicted molar refractivity (Wildman–Crippen MR) is 74.2 cm³/mol. The van der Waals surface area contributed by atoms with Crippen LogP contribution < -0.4 is 5.73 Å². The van der Waals surface area contributed by atoms with E-state index in [1.807, 2.05) is 6.07 Å². The third kappa shape index (κ3) is 1.87. The van der Waals surface area contributed by atoms with E-state index in [4.69, 9.17) is 5.73 Å². The first-order valence-electron chi connectivity index (χ1n) is 5.97. The number of rotatable bonds is 2. The van der Waals surface area contributed by atoms with Gasteiger partial charge in [0.2, 0.25) is 5.95 Å². The third-order valence-corrected chi connectivity index (χ3v) is 3.03. The monoisotopic (exact) mass is 268 g/mol. The fourth-order valence-corrected chi connectivity index (χ4v) is 2.05. The summed E-state index contributed by atoms with van der Waals surface area (Å²) in [5.41, 5.74) is 8.08. The van der Waals surface area contributed by atoms with E-state index in [1.54, 1.807) is 41.1 Å². The van der Waals surface area contributed by atoms with Crippen LogP contribution in [0.3, 0.4) is 0 Å². The van der Waals surface area contributed by atoms with Crippen LogP contribution in [0.25, 0.3) is 16.9 Å². The Morgan fingerprint density at radius 1 is 1.20 bits per heavy atom. The summed E-state index contributed by atoms with van der Waals surface area (Å²) in [6.07, 6.45) is 3.36. The van der Waals surface area contributed by atoms with Gasteiger partial charge in [0, 0.05) is 11.8 Å². The van der Waals surface area contributed by atoms with Crippen LogP contribution in [0, 0.1) is 0 Å². The number of aromatic nitrogens is 3. The highest BCUT2D eigenvalue weighted by Crippen LogP contribution is 2.22. The van der Waals surface area contributed by atoms with Gasteiger partial charge < -0.3 is 10.5 Å². The molecule has 0 spiro atoms. The number of nitrogen functional groups attached to an aromatic ring is 1. The molecule has 0 saturated heterocycles. The molecule has 0 atom stereocenters. The van der Waals surface area contributed by atoms with Crippen molar-refractivity contribution in [2.75, 3.05) is 12.8 Å². The molecule has 2 aromatic heterocycles. The first-order chi connectivity index (χ1) is 9.70. The van der Waals surface area contributed by atoms with Gasteiger partial charge in [-0.15, -0.1) is 0 Å². The zero-order valence-corrected chi connectivity index (χ0v) is 10.8. The molecule has 0 saturated carbocycles. The van der Waals surface area contributed by atoms with Gasteiger partial charge in [-0.05, 0) is 18.2 Å². The number of anilines is 1. The van der Waals surface area contributed by atoms with Crippen molar-refractivity contribution in [3.63, 3.8) is 0 Å². The molecule has 2 N–H and O–H groups in total. The lowest BCUT2D eigenvalue weighted by atomic mass is 10.1. The SMILES string of the molecule is COC(=O)c1ccc(-c2ncc3ccnc(N)n23)cc1. The second-order valence-corrected chi connectivity index (χ2v) is 4.21. The van der Waals surface area contributed by atoms with Crippen molar-refractivity contribution in [1.82, 2.24) is 14.4 Å². The summed E-state index contributed by atoms with van der Waals surface area (Å²) in [4.78, 5) is 19.8. The van der Waals surface area contributed by atoms with Gasteiger partial charge in [0.25, 0.3) is 0 Å². The van der Waals surface area contributed by atoms with Crippen LogP contribution in [0.15, 0.2) is 42.7 Å². The Morgan fingerprint density at radius 2 is 1.95 bits per heavy atom. The van der Waals surface area contributed by atoms with Crippen molar-refractivity contribution in [2.24, 2.45) is 0 Å². The Morgan fingerprint density at radius 3 is 2.65 bits per heavy atom. The molecule has 0 unspecified atom stereocenters. The third-order valence-electron chi connectivity index (χ3n) is 3.03. The lowest BCUT2D eigenvalue weighted by Gasteiger charge is -2.05. The number of fused-ring (bicyclic) bond motifs is 1. The highest BCUT2D eigenvalue weighted by atomic mass is 16.5. The maximum absolute atomic E-state index is 11.4. The van der Waals surface area contributed by atoms with E-state index >= 15 is 0 Å². The Labute approximate surface area is 114 Å². The molecule has 0 radical (unpaired) electrons. The van der Waals surface area contributed by atoms with Crippen molar-refractivity contribution in [3.8, 4) is 11.4 Å². The summed E-state index contributed by atoms with van der Waals surface area (Å²) in [5, 5.41) is 0. The Kier molecular flexibility index (Phi) is 2.83. The summed E-state index contributed by atoms with van der Waals surface area (Å²) in [7, 11) is 1.35. The summed E-state index contributed by atoms with van der Waals surface area (Å²) >= 11 is 0. The second kappa shape index (κ2) is 4.65. The minimum atomic E-state index is -0.370. The molecule has 2 heterocycles. The topological polar surface area (TPSA) is 82.5 Å². The van der Waals surface area contributed by atoms with Gasteiger partial charge in [-0.25, -0.2) is 14.8 Å². The summed E-state index contributed by atoms with van der Waals surface area (Å²) < 4.78 is 6.42. The van der Waals surface area contributed by atoms with Crippen LogP contribution in [-0.2, 0) is 4.74 Å². The molecule has 100 valence electrons. The number of nitrogens with zero attached hydrogens (tertiary/aromatic N) is 3. The zero-order chi connectivity index (χ0) is 14.1. The van der Waals surface area contributed by atoms with Gasteiger partial charge in [-0.1, -0.05) is 12.1 Å². The first-order valence-corrected chi connectivity index (χ1v) is 5.97. The zero-order valence-electron chi connectivity index (χ0n) is 10.8. The predicted octanol–water partition coefficient (Wildman–Crippen LogP) is 1.77. The largest absolute Gasteiger partial charge is 0.465 e. The van der Waals surface area contributed by atoms with Crippen molar-refractivity contribution in [3.05, 3.63) is 48.3 Å². The highest BCUT2D eigenvalue weighted by molar-refractivity contribution is 5.89. The number of imidazole rings is 1. The first kappa shape index (κ1) is 12.2. The van der Waals surface area contributed by atoms with Gasteiger partial charge in [-0.2, -0.15) is 0 Å². The molecule has 0 amide bonds. The smallest absolute Gasteiger partial charge is 0.337 e. The average Bonchev–Trinajstić information content (AvgIpc) is 2.92. The maximum Gasteiger partial charge on any atom is 0.337 e. The van der Waals surface area contributed by atoms with E-state index in [0.717, 1.165) is 11.1 Å². The summed E-state index contributed by atoms with van der Waals surface area (Å²) in [5.74, 6) is 0.680. The molecular formula is C14H12N4O2. The Bertz CT molecular complexity index is 777. The van der Waals surface area contributed by atoms with Crippen LogP contribution in [-0.4, -0.2) is 27.4 Å². The minimum absolute atomic E-state index is 0.368. The average molecular weight is 268 g/mol. The van der Waals surface area contributed by atoms with E-state index in [0.29, 0.717) is 17.3 Å². The lowest BCUT2D eigenvalue weighted by molar-refractivity contribution is 0.0601. The quantitative estimate of drug-likeness (QED) is 0.716. The molecule has 0 aliphatic carbocycles. The Hall–Kier alpha value is -2.89. The molecule has 3 aromatic rings. The van der Waals surface area contributed by atoms with E-state index in [-0.39, 0.29) is 5.97 Å². The van der Waals surface area contributed by atoms with Crippen LogP contribution in [0.5, 0.6) is 0 Å². The van der Waals surface area contributed by atoms with Crippen LogP contribution in [0.4, 0.5) is 5.95 Å². The van der Waals surface area contributed by atoms with Crippen LogP contribution in [0.1, 0.15) is 10.4 Å². The molecule has 0 fully saturated rings. The van der Waals surface area contributed by atoms with Gasteiger partial charge in [0.1, 0.15) is 5.82 Å². The number of nitrogens with two attached hydrogens (primary N) is 1. The van der Waals surface area contributed by atoms with Crippen molar-refractivity contribution in [1.29, 1.82) is 0 Å². The molecule has 20 heavy (non-hydrogen) atoms. The summed E-state index contributed by atoms with van der Waals surface area (Å²) in [6, 6.07) is 8.81. The van der Waals surface area contributed by atoms with E-state index in [9.17, 15) is 4.79 Å². The van der Waals surface area contributed by atoms with Crippen molar-refractivity contribution in [2.45, 2.75) is 0 Å². The molecule has 1 aromatic carbocycles. The number of benzene rings is 1. The van der Waals surface area contributed by atoms with Crippen molar-refractivity contribution < 1.29 is 9.53 Å². The number of esters is 1. The van der Waals surface area contributed by atoms with E-state index in [1.165, 1.54) is 7.11 Å². The van der Waals surface area contributed by atoms with E-state index < -0.39 is 0 Å². The lowest BCUT2D eigenvalue weighted by Crippen LogP contribution is -2.02. The molecule has 0 bridgehead atoms. The number of hydrogen-bond donors (Lipinski definition) is 1. The number of methoxy groups -OCH3 is 1. The summed E-state index contributed by atoms with van der Waals surface area (Å²) in [6.45, 7) is 0. The number of ether oxygens (including phenoxy) is 1. The van der Waals surface area contributed by atoms with E-state index in [2.05, 4.69) is 14.7 Å². The fourth-order valence-electron chi connectivity index (χ4n) is 2.05. The highest BCUT2D eigenvalue weighted by Gasteiger charge is 2.10. The maximum atomic E-state index is 11.4. The normalized spacial score (nSPS) is 10.7.